The second-order valence-corrected chi connectivity index (χ2v) is 5.01. The van der Waals surface area contributed by atoms with Crippen LogP contribution >= 0.6 is 11.8 Å². The van der Waals surface area contributed by atoms with Crippen molar-refractivity contribution in [3.05, 3.63) is 0 Å². The van der Waals surface area contributed by atoms with Crippen LogP contribution in [0.25, 0.3) is 0 Å². The van der Waals surface area contributed by atoms with Crippen molar-refractivity contribution >= 4 is 17.7 Å². The molecule has 0 saturated heterocycles. The molecule has 3 nitrogen and oxygen atoms in total. The van der Waals surface area contributed by atoms with Crippen molar-refractivity contribution in [2.24, 2.45) is 11.7 Å². The fourth-order valence-corrected chi connectivity index (χ4v) is 1.91. The number of nitrogens with one attached hydrogen (secondary N) is 1. The van der Waals surface area contributed by atoms with E-state index in [1.54, 1.807) is 11.8 Å². The molecule has 0 aromatic rings. The molecular weight excluding hydrogens is 196 g/mol. The first kappa shape index (κ1) is 11.9. The zero-order valence-electron chi connectivity index (χ0n) is 8.95. The van der Waals surface area contributed by atoms with Crippen molar-refractivity contribution in [3.63, 3.8) is 0 Å². The first-order valence-electron chi connectivity index (χ1n) is 5.20. The highest BCUT2D eigenvalue weighted by Gasteiger charge is 2.29. The summed E-state index contributed by atoms with van der Waals surface area (Å²) in [5.74, 6) is 1.66. The molecule has 82 valence electrons. The van der Waals surface area contributed by atoms with Crippen LogP contribution in [0.1, 0.15) is 26.2 Å². The second-order valence-electron chi connectivity index (χ2n) is 4.02. The van der Waals surface area contributed by atoms with Crippen molar-refractivity contribution in [2.45, 2.75) is 38.3 Å². The van der Waals surface area contributed by atoms with Gasteiger partial charge in [0.05, 0.1) is 6.04 Å². The molecule has 1 aliphatic carbocycles. The Hall–Kier alpha value is -0.220. The molecule has 1 fully saturated rings. The van der Waals surface area contributed by atoms with Crippen LogP contribution in [0.2, 0.25) is 0 Å². The van der Waals surface area contributed by atoms with E-state index >= 15 is 0 Å². The Balaban J connectivity index is 2.18. The van der Waals surface area contributed by atoms with Gasteiger partial charge >= 0.3 is 0 Å². The lowest BCUT2D eigenvalue weighted by atomic mass is 10.2. The molecule has 3 N–H and O–H groups in total. The maximum atomic E-state index is 11.5. The van der Waals surface area contributed by atoms with Gasteiger partial charge in [0.1, 0.15) is 0 Å². The number of amides is 1. The maximum Gasteiger partial charge on any atom is 0.237 e. The molecule has 1 saturated carbocycles. The van der Waals surface area contributed by atoms with Crippen LogP contribution < -0.4 is 11.1 Å². The van der Waals surface area contributed by atoms with E-state index in [4.69, 9.17) is 5.73 Å². The van der Waals surface area contributed by atoms with E-state index in [0.29, 0.717) is 12.0 Å². The summed E-state index contributed by atoms with van der Waals surface area (Å²) in [4.78, 5) is 11.5. The number of hydrogen-bond acceptors (Lipinski definition) is 3. The summed E-state index contributed by atoms with van der Waals surface area (Å²) in [6.07, 6.45) is 5.30. The molecule has 14 heavy (non-hydrogen) atoms. The van der Waals surface area contributed by atoms with Gasteiger partial charge in [-0.05, 0) is 44.1 Å². The number of hydrogen-bond donors (Lipinski definition) is 2. The lowest BCUT2D eigenvalue weighted by molar-refractivity contribution is -0.123. The molecule has 0 radical (unpaired) electrons. The van der Waals surface area contributed by atoms with Crippen molar-refractivity contribution in [1.82, 2.24) is 5.32 Å². The van der Waals surface area contributed by atoms with Gasteiger partial charge in [-0.2, -0.15) is 11.8 Å². The van der Waals surface area contributed by atoms with Crippen molar-refractivity contribution in [3.8, 4) is 0 Å². The zero-order valence-corrected chi connectivity index (χ0v) is 9.77. The monoisotopic (exact) mass is 216 g/mol. The molecule has 1 aliphatic rings. The molecule has 1 unspecified atom stereocenters. The third-order valence-corrected chi connectivity index (χ3v) is 3.31. The third kappa shape index (κ3) is 3.88. The van der Waals surface area contributed by atoms with Gasteiger partial charge in [0.2, 0.25) is 5.91 Å². The fourth-order valence-electron chi connectivity index (χ4n) is 1.42. The van der Waals surface area contributed by atoms with Crippen molar-refractivity contribution in [1.29, 1.82) is 0 Å². The van der Waals surface area contributed by atoms with E-state index in [-0.39, 0.29) is 11.9 Å². The lowest BCUT2D eigenvalue weighted by Gasteiger charge is -2.16. The van der Waals surface area contributed by atoms with Gasteiger partial charge in [-0.3, -0.25) is 4.79 Å². The Labute approximate surface area is 90.2 Å². The molecule has 1 rings (SSSR count). The van der Waals surface area contributed by atoms with E-state index in [2.05, 4.69) is 12.2 Å². The first-order valence-corrected chi connectivity index (χ1v) is 6.59. The molecule has 0 bridgehead atoms. The Kier molecular flexibility index (Phi) is 4.75. The van der Waals surface area contributed by atoms with Gasteiger partial charge in [0.25, 0.3) is 0 Å². The summed E-state index contributed by atoms with van der Waals surface area (Å²) in [5.41, 5.74) is 5.75. The Morgan fingerprint density at radius 1 is 1.64 bits per heavy atom. The highest BCUT2D eigenvalue weighted by atomic mass is 32.2. The summed E-state index contributed by atoms with van der Waals surface area (Å²) in [7, 11) is 0. The van der Waals surface area contributed by atoms with E-state index in [0.717, 1.165) is 12.2 Å². The number of carbonyl (C=O) groups excluding carboxylic acids is 1. The van der Waals surface area contributed by atoms with E-state index in [1.165, 1.54) is 12.8 Å². The minimum absolute atomic E-state index is 0.0125. The average Bonchev–Trinajstić information content (AvgIpc) is 2.96. The zero-order chi connectivity index (χ0) is 10.6. The predicted molar refractivity (Wildman–Crippen MR) is 61.3 cm³/mol. The highest BCUT2D eigenvalue weighted by Crippen LogP contribution is 2.32. The molecule has 4 heteroatoms. The van der Waals surface area contributed by atoms with Gasteiger partial charge in [-0.25, -0.2) is 0 Å². The Morgan fingerprint density at radius 2 is 2.29 bits per heavy atom. The largest absolute Gasteiger partial charge is 0.352 e. The summed E-state index contributed by atoms with van der Waals surface area (Å²) in [6, 6.07) is -0.0218. The summed E-state index contributed by atoms with van der Waals surface area (Å²) >= 11 is 1.72. The Bertz CT molecular complexity index is 195. The standard InChI is InChI=1S/C10H20N2OS/c1-7(8-3-4-8)12-10(13)9(11)5-6-14-2/h7-9H,3-6,11H2,1-2H3,(H,12,13)/t7?,9-/m0/s1. The molecule has 0 spiro atoms. The van der Waals surface area contributed by atoms with Crippen LogP contribution in [-0.2, 0) is 4.79 Å². The summed E-state index contributed by atoms with van der Waals surface area (Å²) < 4.78 is 0. The van der Waals surface area contributed by atoms with Gasteiger partial charge in [0.15, 0.2) is 0 Å². The number of rotatable bonds is 6. The summed E-state index contributed by atoms with van der Waals surface area (Å²) in [5, 5.41) is 2.98. The van der Waals surface area contributed by atoms with Crippen LogP contribution in [0.5, 0.6) is 0 Å². The van der Waals surface area contributed by atoms with Crippen LogP contribution in [0, 0.1) is 5.92 Å². The molecular formula is C10H20N2OS. The van der Waals surface area contributed by atoms with Gasteiger partial charge in [-0.15, -0.1) is 0 Å². The predicted octanol–water partition coefficient (Wildman–Crippen LogP) is 0.981. The number of nitrogens with two attached hydrogens (primary N) is 1. The van der Waals surface area contributed by atoms with Crippen LogP contribution in [0.15, 0.2) is 0 Å². The quantitative estimate of drug-likeness (QED) is 0.696. The average molecular weight is 216 g/mol. The van der Waals surface area contributed by atoms with Crippen LogP contribution in [0.4, 0.5) is 0 Å². The number of thioether (sulfide) groups is 1. The molecule has 1 amide bonds. The molecule has 2 atom stereocenters. The van der Waals surface area contributed by atoms with Crippen molar-refractivity contribution < 1.29 is 4.79 Å². The Morgan fingerprint density at radius 3 is 2.79 bits per heavy atom. The topological polar surface area (TPSA) is 55.1 Å². The van der Waals surface area contributed by atoms with Gasteiger partial charge in [-0.1, -0.05) is 0 Å². The molecule has 0 aromatic heterocycles. The normalized spacial score (nSPS) is 20.2. The van der Waals surface area contributed by atoms with E-state index in [9.17, 15) is 4.79 Å². The molecule has 0 heterocycles. The van der Waals surface area contributed by atoms with E-state index < -0.39 is 0 Å². The number of carbonyl (C=O) groups is 1. The maximum absolute atomic E-state index is 11.5. The summed E-state index contributed by atoms with van der Waals surface area (Å²) in [6.45, 7) is 2.07. The van der Waals surface area contributed by atoms with Crippen molar-refractivity contribution in [2.75, 3.05) is 12.0 Å². The second kappa shape index (κ2) is 5.61. The van der Waals surface area contributed by atoms with Crippen LogP contribution in [-0.4, -0.2) is 30.0 Å². The first-order chi connectivity index (χ1) is 6.65. The highest BCUT2D eigenvalue weighted by molar-refractivity contribution is 7.98. The lowest BCUT2D eigenvalue weighted by Crippen LogP contribution is -2.45. The SMILES string of the molecule is CSCC[C@H](N)C(=O)NC(C)C1CC1. The van der Waals surface area contributed by atoms with Gasteiger partial charge < -0.3 is 11.1 Å². The molecule has 0 aliphatic heterocycles. The fraction of sp³-hybridized carbons (Fsp3) is 0.900. The minimum atomic E-state index is -0.330. The minimum Gasteiger partial charge on any atom is -0.352 e. The smallest absolute Gasteiger partial charge is 0.237 e. The van der Waals surface area contributed by atoms with Gasteiger partial charge in [0, 0.05) is 6.04 Å². The third-order valence-electron chi connectivity index (χ3n) is 2.67. The van der Waals surface area contributed by atoms with Crippen LogP contribution in [0.3, 0.4) is 0 Å². The van der Waals surface area contributed by atoms with E-state index in [1.807, 2.05) is 6.26 Å². The molecule has 0 aromatic carbocycles.